The van der Waals surface area contributed by atoms with Gasteiger partial charge in [-0.15, -0.1) is 0 Å². The summed E-state index contributed by atoms with van der Waals surface area (Å²) in [5.41, 5.74) is 1.14. The van der Waals surface area contributed by atoms with Crippen LogP contribution in [-0.2, 0) is 0 Å². The number of aromatic nitrogens is 2. The Morgan fingerprint density at radius 3 is 2.64 bits per heavy atom. The molecule has 5 nitrogen and oxygen atoms in total. The van der Waals surface area contributed by atoms with Gasteiger partial charge in [-0.2, -0.15) is 0 Å². The number of benzene rings is 1. The van der Waals surface area contributed by atoms with E-state index in [-0.39, 0.29) is 11.3 Å². The van der Waals surface area contributed by atoms with Crippen molar-refractivity contribution < 1.29 is 5.11 Å². The first kappa shape index (κ1) is 16.0. The van der Waals surface area contributed by atoms with Crippen LogP contribution in [0.2, 0.25) is 5.02 Å². The van der Waals surface area contributed by atoms with Crippen LogP contribution in [0.25, 0.3) is 16.7 Å². The van der Waals surface area contributed by atoms with Crippen LogP contribution in [0.4, 0.5) is 5.69 Å². The third-order valence-corrected chi connectivity index (χ3v) is 4.86. The van der Waals surface area contributed by atoms with E-state index in [1.165, 1.54) is 4.57 Å². The number of pyridine rings is 2. The van der Waals surface area contributed by atoms with Gasteiger partial charge in [0.05, 0.1) is 11.1 Å². The highest BCUT2D eigenvalue weighted by Crippen LogP contribution is 2.33. The molecule has 3 aromatic rings. The number of aromatic hydroxyl groups is 1. The van der Waals surface area contributed by atoms with Crippen molar-refractivity contribution in [1.82, 2.24) is 9.55 Å². The molecule has 0 bridgehead atoms. The fourth-order valence-corrected chi connectivity index (χ4v) is 3.63. The maximum absolute atomic E-state index is 13.3. The van der Waals surface area contributed by atoms with Crippen molar-refractivity contribution in [1.29, 1.82) is 0 Å². The number of nitrogens with zero attached hydrogens (tertiary/aromatic N) is 3. The van der Waals surface area contributed by atoms with Crippen LogP contribution in [-0.4, -0.2) is 27.7 Å². The summed E-state index contributed by atoms with van der Waals surface area (Å²) in [5, 5.41) is 11.9. The van der Waals surface area contributed by atoms with Gasteiger partial charge in [0.1, 0.15) is 5.69 Å². The third-order valence-electron chi connectivity index (χ3n) is 4.62. The van der Waals surface area contributed by atoms with E-state index in [9.17, 15) is 9.90 Å². The Labute approximate surface area is 150 Å². The lowest BCUT2D eigenvalue weighted by atomic mass is 10.1. The van der Waals surface area contributed by atoms with Crippen LogP contribution in [0, 0.1) is 0 Å². The average molecular weight is 356 g/mol. The van der Waals surface area contributed by atoms with Crippen molar-refractivity contribution in [2.24, 2.45) is 0 Å². The molecule has 4 rings (SSSR count). The minimum absolute atomic E-state index is 0.00766. The van der Waals surface area contributed by atoms with Crippen molar-refractivity contribution in [3.8, 4) is 11.4 Å². The summed E-state index contributed by atoms with van der Waals surface area (Å²) >= 11 is 6.12. The van der Waals surface area contributed by atoms with E-state index in [1.54, 1.807) is 36.5 Å². The molecule has 1 saturated heterocycles. The number of fused-ring (bicyclic) bond motifs is 1. The van der Waals surface area contributed by atoms with Crippen molar-refractivity contribution in [2.45, 2.75) is 19.3 Å². The van der Waals surface area contributed by atoms with Crippen LogP contribution in [0.3, 0.4) is 0 Å². The number of halogens is 1. The van der Waals surface area contributed by atoms with E-state index >= 15 is 0 Å². The monoisotopic (exact) mass is 355 g/mol. The number of rotatable bonds is 2. The maximum Gasteiger partial charge on any atom is 0.284 e. The average Bonchev–Trinajstić information content (AvgIpc) is 2.63. The smallest absolute Gasteiger partial charge is 0.284 e. The zero-order chi connectivity index (χ0) is 17.4. The summed E-state index contributed by atoms with van der Waals surface area (Å²) in [7, 11) is 0. The van der Waals surface area contributed by atoms with E-state index in [0.717, 1.165) is 32.4 Å². The number of piperidine rings is 1. The van der Waals surface area contributed by atoms with Gasteiger partial charge < -0.3 is 10.0 Å². The number of hydrogen-bond acceptors (Lipinski definition) is 4. The molecule has 128 valence electrons. The molecule has 0 radical (unpaired) electrons. The Balaban J connectivity index is 2.05. The Bertz CT molecular complexity index is 994. The van der Waals surface area contributed by atoms with Gasteiger partial charge in [-0.3, -0.25) is 9.36 Å². The van der Waals surface area contributed by atoms with Gasteiger partial charge in [0.25, 0.3) is 5.56 Å². The highest BCUT2D eigenvalue weighted by atomic mass is 35.5. The first-order chi connectivity index (χ1) is 12.2. The second kappa shape index (κ2) is 6.41. The van der Waals surface area contributed by atoms with Crippen molar-refractivity contribution in [3.05, 3.63) is 58.0 Å². The van der Waals surface area contributed by atoms with Crippen molar-refractivity contribution in [3.63, 3.8) is 0 Å². The van der Waals surface area contributed by atoms with E-state index in [0.29, 0.717) is 27.4 Å². The Morgan fingerprint density at radius 2 is 1.88 bits per heavy atom. The highest BCUT2D eigenvalue weighted by molar-refractivity contribution is 6.30. The summed E-state index contributed by atoms with van der Waals surface area (Å²) in [6.07, 6.45) is 4.79. The van der Waals surface area contributed by atoms with Gasteiger partial charge in [0.2, 0.25) is 0 Å². The molecule has 0 saturated carbocycles. The van der Waals surface area contributed by atoms with Gasteiger partial charge in [0.15, 0.2) is 11.4 Å². The van der Waals surface area contributed by atoms with E-state index < -0.39 is 0 Å². The lowest BCUT2D eigenvalue weighted by Crippen LogP contribution is -2.36. The molecule has 1 fully saturated rings. The van der Waals surface area contributed by atoms with Gasteiger partial charge in [-0.25, -0.2) is 4.98 Å². The molecule has 1 aliphatic heterocycles. The van der Waals surface area contributed by atoms with Crippen LogP contribution in [0.5, 0.6) is 5.75 Å². The minimum atomic E-state index is -0.270. The van der Waals surface area contributed by atoms with Crippen LogP contribution < -0.4 is 10.5 Å². The molecule has 0 atom stereocenters. The molecule has 3 heterocycles. The zero-order valence-corrected chi connectivity index (χ0v) is 14.4. The largest absolute Gasteiger partial charge is 0.505 e. The third kappa shape index (κ3) is 2.74. The zero-order valence-electron chi connectivity index (χ0n) is 13.7. The molecule has 25 heavy (non-hydrogen) atoms. The molecule has 6 heteroatoms. The van der Waals surface area contributed by atoms with Crippen LogP contribution >= 0.6 is 11.6 Å². The van der Waals surface area contributed by atoms with E-state index in [4.69, 9.17) is 11.6 Å². The Morgan fingerprint density at radius 1 is 1.08 bits per heavy atom. The van der Waals surface area contributed by atoms with Crippen LogP contribution in [0.1, 0.15) is 19.3 Å². The molecule has 1 aliphatic rings. The van der Waals surface area contributed by atoms with Gasteiger partial charge >= 0.3 is 0 Å². The molecule has 2 aromatic heterocycles. The highest BCUT2D eigenvalue weighted by Gasteiger charge is 2.24. The summed E-state index contributed by atoms with van der Waals surface area (Å²) < 4.78 is 1.53. The van der Waals surface area contributed by atoms with E-state index in [1.807, 2.05) is 11.0 Å². The van der Waals surface area contributed by atoms with Gasteiger partial charge in [0, 0.05) is 24.3 Å². The normalized spacial score (nSPS) is 14.8. The molecular weight excluding hydrogens is 338 g/mol. The summed E-state index contributed by atoms with van der Waals surface area (Å²) in [6, 6.07) is 10.6. The van der Waals surface area contributed by atoms with Crippen molar-refractivity contribution in [2.75, 3.05) is 18.0 Å². The van der Waals surface area contributed by atoms with E-state index in [2.05, 4.69) is 4.98 Å². The second-order valence-corrected chi connectivity index (χ2v) is 6.68. The van der Waals surface area contributed by atoms with Gasteiger partial charge in [-0.05, 0) is 49.6 Å². The molecular formula is C19H18ClN3O2. The number of anilines is 1. The predicted octanol–water partition coefficient (Wildman–Crippen LogP) is 3.74. The SMILES string of the molecule is O=c1c(N2CCCCC2)c(O)c2cccnc2n1-c1cccc(Cl)c1. The fourth-order valence-electron chi connectivity index (χ4n) is 3.45. The first-order valence-corrected chi connectivity index (χ1v) is 8.78. The molecule has 1 N–H and O–H groups in total. The molecule has 0 amide bonds. The fraction of sp³-hybridized carbons (Fsp3) is 0.263. The quantitative estimate of drug-likeness (QED) is 0.760. The summed E-state index contributed by atoms with van der Waals surface area (Å²) in [6.45, 7) is 1.54. The molecule has 1 aromatic carbocycles. The first-order valence-electron chi connectivity index (χ1n) is 8.40. The standard InChI is InChI=1S/C19H18ClN3O2/c20-13-6-4-7-14(12-13)23-18-15(8-5-9-21-18)17(24)16(19(23)25)22-10-2-1-3-11-22/h4-9,12,24H,1-3,10-11H2. The topological polar surface area (TPSA) is 58.4 Å². The summed E-state index contributed by atoms with van der Waals surface area (Å²) in [5.74, 6) is 0.00766. The predicted molar refractivity (Wildman–Crippen MR) is 100 cm³/mol. The molecule has 0 unspecified atom stereocenters. The Hall–Kier alpha value is -2.53. The van der Waals surface area contributed by atoms with Gasteiger partial charge in [-0.1, -0.05) is 17.7 Å². The maximum atomic E-state index is 13.3. The molecule has 0 spiro atoms. The Kier molecular flexibility index (Phi) is 4.09. The lowest BCUT2D eigenvalue weighted by Gasteiger charge is -2.29. The second-order valence-electron chi connectivity index (χ2n) is 6.24. The van der Waals surface area contributed by atoms with Crippen LogP contribution in [0.15, 0.2) is 47.4 Å². The minimum Gasteiger partial charge on any atom is -0.505 e. The molecule has 0 aliphatic carbocycles. The number of hydrogen-bond donors (Lipinski definition) is 1. The lowest BCUT2D eigenvalue weighted by molar-refractivity contribution is 0.473. The van der Waals surface area contributed by atoms with Crippen molar-refractivity contribution >= 4 is 28.3 Å². The summed E-state index contributed by atoms with van der Waals surface area (Å²) in [4.78, 5) is 19.6.